The van der Waals surface area contributed by atoms with Crippen molar-refractivity contribution in [2.75, 3.05) is 0 Å². The van der Waals surface area contributed by atoms with Crippen molar-refractivity contribution in [3.63, 3.8) is 0 Å². The first-order valence-electron chi connectivity index (χ1n) is 21.0. The number of benzene rings is 8. The molecule has 12 nitrogen and oxygen atoms in total. The molecule has 12 heteroatoms. The fraction of sp³-hybridized carbons (Fsp3) is 0. The van der Waals surface area contributed by atoms with Gasteiger partial charge in [0.2, 0.25) is 0 Å². The molecular formula is C56H38O12. The van der Waals surface area contributed by atoms with Gasteiger partial charge >= 0.3 is 0 Å². The van der Waals surface area contributed by atoms with Gasteiger partial charge in [0.1, 0.15) is 80.2 Å². The highest BCUT2D eigenvalue weighted by molar-refractivity contribution is 6.19. The van der Waals surface area contributed by atoms with E-state index >= 15 is 0 Å². The summed E-state index contributed by atoms with van der Waals surface area (Å²) in [5, 5.41) is 110. The Morgan fingerprint density at radius 1 is 0.279 bits per heavy atom. The van der Waals surface area contributed by atoms with Crippen LogP contribution in [0.15, 0.2) is 154 Å². The zero-order chi connectivity index (χ0) is 47.4. The first-order chi connectivity index (χ1) is 32.8. The highest BCUT2D eigenvalue weighted by Crippen LogP contribution is 2.56. The largest absolute Gasteiger partial charge is 0.508 e. The third kappa shape index (κ3) is 7.83. The van der Waals surface area contributed by atoms with Crippen molar-refractivity contribution in [2.24, 2.45) is 0 Å². The lowest BCUT2D eigenvalue weighted by Gasteiger charge is -2.13. The fourth-order valence-corrected chi connectivity index (χ4v) is 8.53. The molecule has 334 valence electrons. The van der Waals surface area contributed by atoms with E-state index in [0.29, 0.717) is 66.4 Å². The molecular weight excluding hydrogens is 865 g/mol. The molecule has 2 aromatic heterocycles. The van der Waals surface area contributed by atoms with E-state index in [2.05, 4.69) is 0 Å². The quantitative estimate of drug-likeness (QED) is 0.0610. The van der Waals surface area contributed by atoms with Gasteiger partial charge in [-0.1, -0.05) is 48.6 Å². The molecule has 10 N–H and O–H groups in total. The lowest BCUT2D eigenvalue weighted by Crippen LogP contribution is -1.90. The van der Waals surface area contributed by atoms with Gasteiger partial charge in [0.15, 0.2) is 0 Å². The summed E-state index contributed by atoms with van der Waals surface area (Å²) in [6.45, 7) is 0. The van der Waals surface area contributed by atoms with Gasteiger partial charge in [-0.15, -0.1) is 0 Å². The van der Waals surface area contributed by atoms with E-state index in [4.69, 9.17) is 8.83 Å². The molecule has 0 aliphatic heterocycles. The van der Waals surface area contributed by atoms with E-state index in [0.717, 1.165) is 0 Å². The molecule has 0 spiro atoms. The number of furan rings is 2. The maximum absolute atomic E-state index is 12.5. The predicted molar refractivity (Wildman–Crippen MR) is 261 cm³/mol. The summed E-state index contributed by atoms with van der Waals surface area (Å²) in [7, 11) is 0. The topological polar surface area (TPSA) is 229 Å². The minimum absolute atomic E-state index is 0.0257. The Labute approximate surface area is 386 Å². The molecule has 0 unspecified atom stereocenters. The summed E-state index contributed by atoms with van der Waals surface area (Å²) < 4.78 is 13.8. The molecule has 10 rings (SSSR count). The maximum Gasteiger partial charge on any atom is 0.147 e. The number of phenolic OH excluding ortho intramolecular Hbond substituents is 10. The molecule has 0 atom stereocenters. The number of rotatable bonds is 9. The third-order valence-electron chi connectivity index (χ3n) is 11.5. The van der Waals surface area contributed by atoms with Crippen molar-refractivity contribution in [1.29, 1.82) is 0 Å². The van der Waals surface area contributed by atoms with Crippen LogP contribution in [0.25, 0.3) is 102 Å². The van der Waals surface area contributed by atoms with Crippen molar-refractivity contribution in [1.82, 2.24) is 0 Å². The van der Waals surface area contributed by atoms with Crippen molar-refractivity contribution < 1.29 is 59.9 Å². The van der Waals surface area contributed by atoms with Gasteiger partial charge in [-0.05, 0) is 143 Å². The molecule has 0 saturated carbocycles. The van der Waals surface area contributed by atoms with Crippen LogP contribution in [0.2, 0.25) is 0 Å². The van der Waals surface area contributed by atoms with Gasteiger partial charge in [0.05, 0.1) is 11.1 Å². The lowest BCUT2D eigenvalue weighted by molar-refractivity contribution is 0.450. The Balaban J connectivity index is 1.36. The molecule has 68 heavy (non-hydrogen) atoms. The summed E-state index contributed by atoms with van der Waals surface area (Å²) in [6.07, 6.45) is 6.94. The van der Waals surface area contributed by atoms with Crippen LogP contribution >= 0.6 is 0 Å². The van der Waals surface area contributed by atoms with Crippen LogP contribution in [0, 0.1) is 0 Å². The molecule has 0 radical (unpaired) electrons. The standard InChI is InChI=1S/C56H38O12/c57-37-13-3-29(4-14-37)1-7-33-25-45(65)51(55-47(33)49(35-21-41(61)27-42(62)22-35)53(67-55)31-9-17-39(59)18-10-31)52-46(66)26-34(8-2-30-5-15-38(58)16-6-30)48-50(36-23-43(63)28-44(64)24-36)54(68-56(48)52)32-11-19-40(60)20-12-32/h1-28,57-66H/b7-1+,8-2+. The molecule has 0 fully saturated rings. The second-order valence-electron chi connectivity index (χ2n) is 16.2. The highest BCUT2D eigenvalue weighted by atomic mass is 16.3. The van der Waals surface area contributed by atoms with E-state index in [1.165, 1.54) is 97.1 Å². The Morgan fingerprint density at radius 2 is 0.588 bits per heavy atom. The number of aromatic hydroxyl groups is 10. The Kier molecular flexibility index (Phi) is 10.4. The first kappa shape index (κ1) is 42.3. The molecule has 0 saturated heterocycles. The smallest absolute Gasteiger partial charge is 0.147 e. The van der Waals surface area contributed by atoms with E-state index in [1.807, 2.05) is 0 Å². The summed E-state index contributed by atoms with van der Waals surface area (Å²) >= 11 is 0. The van der Waals surface area contributed by atoms with E-state index < -0.39 is 0 Å². The Hall–Kier alpha value is -9.68. The van der Waals surface area contributed by atoms with E-state index in [-0.39, 0.29) is 91.3 Å². The summed E-state index contributed by atoms with van der Waals surface area (Å²) in [4.78, 5) is 0. The first-order valence-corrected chi connectivity index (χ1v) is 21.0. The zero-order valence-corrected chi connectivity index (χ0v) is 35.5. The lowest BCUT2D eigenvalue weighted by atomic mass is 9.89. The van der Waals surface area contributed by atoms with Crippen molar-refractivity contribution in [3.8, 4) is 114 Å². The minimum atomic E-state index is -0.373. The molecule has 8 aromatic carbocycles. The average Bonchev–Trinajstić information content (AvgIpc) is 3.90. The normalized spacial score (nSPS) is 11.7. The summed E-state index contributed by atoms with van der Waals surface area (Å²) in [5.41, 5.74) is 4.39. The van der Waals surface area contributed by atoms with Crippen LogP contribution in [-0.4, -0.2) is 51.1 Å². The minimum Gasteiger partial charge on any atom is -0.508 e. The second kappa shape index (κ2) is 16.7. The highest BCUT2D eigenvalue weighted by Gasteiger charge is 2.32. The van der Waals surface area contributed by atoms with Gasteiger partial charge in [0.25, 0.3) is 0 Å². The monoisotopic (exact) mass is 902 g/mol. The third-order valence-corrected chi connectivity index (χ3v) is 11.5. The van der Waals surface area contributed by atoms with Crippen LogP contribution in [0.3, 0.4) is 0 Å². The Bertz CT molecular complexity index is 3350. The Morgan fingerprint density at radius 3 is 0.912 bits per heavy atom. The van der Waals surface area contributed by atoms with Crippen molar-refractivity contribution in [2.45, 2.75) is 0 Å². The predicted octanol–water partition coefficient (Wildman–Crippen LogP) is 12.9. The van der Waals surface area contributed by atoms with Crippen LogP contribution in [0.5, 0.6) is 57.5 Å². The number of hydrogen-bond acceptors (Lipinski definition) is 12. The van der Waals surface area contributed by atoms with Gasteiger partial charge < -0.3 is 59.9 Å². The van der Waals surface area contributed by atoms with Gasteiger partial charge in [-0.25, -0.2) is 0 Å². The molecule has 10 aromatic rings. The second-order valence-corrected chi connectivity index (χ2v) is 16.2. The van der Waals surface area contributed by atoms with Crippen LogP contribution in [-0.2, 0) is 0 Å². The SMILES string of the molecule is Oc1ccc(/C=C/c2cc(O)c(-c3c(O)cc(/C=C/c4ccc(O)cc4)c4c(-c5cc(O)cc(O)c5)c(-c5ccc(O)cc5)oc34)c3oc(-c4ccc(O)cc4)c(-c4cc(O)cc(O)c4)c23)cc1. The average molecular weight is 903 g/mol. The maximum atomic E-state index is 12.5. The molecule has 2 heterocycles. The number of fused-ring (bicyclic) bond motifs is 2. The van der Waals surface area contributed by atoms with Gasteiger partial charge in [-0.3, -0.25) is 0 Å². The van der Waals surface area contributed by atoms with E-state index in [1.54, 1.807) is 72.8 Å². The summed E-state index contributed by atoms with van der Waals surface area (Å²) in [6, 6.07) is 36.2. The van der Waals surface area contributed by atoms with Crippen LogP contribution in [0.4, 0.5) is 0 Å². The zero-order valence-electron chi connectivity index (χ0n) is 35.5. The summed E-state index contributed by atoms with van der Waals surface area (Å²) in [5.74, 6) is -1.32. The van der Waals surface area contributed by atoms with Crippen molar-refractivity contribution in [3.05, 3.63) is 168 Å². The fourth-order valence-electron chi connectivity index (χ4n) is 8.53. The molecule has 0 aliphatic rings. The molecule has 0 amide bonds. The molecule has 0 aliphatic carbocycles. The van der Waals surface area contributed by atoms with E-state index in [9.17, 15) is 51.1 Å². The molecule has 0 bridgehead atoms. The number of hydrogen-bond donors (Lipinski definition) is 10. The van der Waals surface area contributed by atoms with Crippen LogP contribution < -0.4 is 0 Å². The van der Waals surface area contributed by atoms with Gasteiger partial charge in [0, 0.05) is 45.2 Å². The van der Waals surface area contributed by atoms with Gasteiger partial charge in [-0.2, -0.15) is 0 Å². The number of phenols is 10. The van der Waals surface area contributed by atoms with Crippen LogP contribution in [0.1, 0.15) is 22.3 Å². The van der Waals surface area contributed by atoms with Crippen molar-refractivity contribution >= 4 is 46.2 Å².